The molecule has 11 heteroatoms. The number of carboxylic acid groups (broad SMARTS) is 1. The zero-order chi connectivity index (χ0) is 26.9. The van der Waals surface area contributed by atoms with Crippen molar-refractivity contribution in [3.05, 3.63) is 106 Å². The molecule has 0 spiro atoms. The average molecular weight is 547 g/mol. The van der Waals surface area contributed by atoms with Crippen LogP contribution in [0.5, 0.6) is 0 Å². The van der Waals surface area contributed by atoms with Crippen molar-refractivity contribution in [2.75, 3.05) is 5.43 Å². The molecule has 0 saturated heterocycles. The first-order chi connectivity index (χ1) is 18.3. The normalized spacial score (nSPS) is 13.1. The highest BCUT2D eigenvalue weighted by atomic mass is 35.5. The van der Waals surface area contributed by atoms with Gasteiger partial charge in [-0.25, -0.2) is 25.2 Å². The van der Waals surface area contributed by atoms with E-state index in [1.807, 2.05) is 12.1 Å². The first kappa shape index (κ1) is 25.3. The second-order valence-electron chi connectivity index (χ2n) is 8.45. The quantitative estimate of drug-likeness (QED) is 0.191. The van der Waals surface area contributed by atoms with Gasteiger partial charge >= 0.3 is 5.97 Å². The number of carbonyl (C=O) groups is 1. The van der Waals surface area contributed by atoms with Crippen molar-refractivity contribution in [3.8, 4) is 11.3 Å². The number of hydrogen-bond acceptors (Lipinski definition) is 7. The number of fused-ring (bicyclic) bond motifs is 1. The van der Waals surface area contributed by atoms with Gasteiger partial charge in [0.1, 0.15) is 6.21 Å². The first-order valence-electron chi connectivity index (χ1n) is 11.3. The maximum atomic E-state index is 12.3. The largest absolute Gasteiger partial charge is 0.477 e. The van der Waals surface area contributed by atoms with E-state index >= 15 is 0 Å². The van der Waals surface area contributed by atoms with Crippen molar-refractivity contribution in [1.82, 2.24) is 19.5 Å². The van der Waals surface area contributed by atoms with Crippen molar-refractivity contribution in [1.29, 1.82) is 0 Å². The van der Waals surface area contributed by atoms with Crippen LogP contribution < -0.4 is 5.43 Å². The molecule has 9 nitrogen and oxygen atoms in total. The fourth-order valence-corrected chi connectivity index (χ4v) is 4.58. The third kappa shape index (κ3) is 4.82. The number of benzene rings is 3. The molecule has 5 aromatic rings. The maximum Gasteiger partial charge on any atom is 0.348 e. The van der Waals surface area contributed by atoms with E-state index in [0.29, 0.717) is 55.2 Å². The Labute approximate surface area is 227 Å². The van der Waals surface area contributed by atoms with Gasteiger partial charge in [-0.3, -0.25) is 0 Å². The van der Waals surface area contributed by atoms with Gasteiger partial charge in [-0.1, -0.05) is 53.5 Å². The monoisotopic (exact) mass is 546 g/mol. The van der Waals surface area contributed by atoms with Crippen LogP contribution in [-0.2, 0) is 17.4 Å². The van der Waals surface area contributed by atoms with Gasteiger partial charge in [0.25, 0.3) is 0 Å². The number of nitrogens with zero attached hydrogens (tertiary/aromatic N) is 5. The lowest BCUT2D eigenvalue weighted by atomic mass is 9.83. The molecule has 0 radical (unpaired) electrons. The first-order valence-corrected chi connectivity index (χ1v) is 12.1. The second kappa shape index (κ2) is 10.2. The number of carboxylic acids is 1. The molecule has 0 aliphatic heterocycles. The third-order valence-corrected chi connectivity index (χ3v) is 6.49. The van der Waals surface area contributed by atoms with Crippen LogP contribution in [0.1, 0.15) is 16.8 Å². The van der Waals surface area contributed by atoms with E-state index in [0.717, 1.165) is 0 Å². The van der Waals surface area contributed by atoms with Crippen molar-refractivity contribution in [2.24, 2.45) is 12.1 Å². The van der Waals surface area contributed by atoms with Gasteiger partial charge in [-0.2, -0.15) is 5.10 Å². The number of aromatic nitrogens is 4. The number of anilines is 1. The Balaban J connectivity index is 1.75. The van der Waals surface area contributed by atoms with E-state index in [4.69, 9.17) is 28.3 Å². The van der Waals surface area contributed by atoms with Gasteiger partial charge < -0.3 is 14.8 Å². The molecule has 0 aliphatic carbocycles. The van der Waals surface area contributed by atoms with E-state index < -0.39 is 11.6 Å². The number of nitrogens with one attached hydrogen (secondary N) is 1. The number of hydrazone groups is 1. The summed E-state index contributed by atoms with van der Waals surface area (Å²) in [6.45, 7) is 0. The van der Waals surface area contributed by atoms with Gasteiger partial charge in [-0.15, -0.1) is 0 Å². The topological polar surface area (TPSA) is 126 Å². The summed E-state index contributed by atoms with van der Waals surface area (Å²) in [5.41, 5.74) is 4.41. The van der Waals surface area contributed by atoms with Crippen LogP contribution in [0.2, 0.25) is 10.0 Å². The molecule has 38 heavy (non-hydrogen) atoms. The lowest BCUT2D eigenvalue weighted by molar-refractivity contribution is -0.128. The highest BCUT2D eigenvalue weighted by Crippen LogP contribution is 2.39. The van der Waals surface area contributed by atoms with Crippen LogP contribution in [0.15, 0.2) is 84.4 Å². The fraction of sp³-hybridized carbons (Fsp3) is 0.0741. The van der Waals surface area contributed by atoms with E-state index in [1.165, 1.54) is 0 Å². The van der Waals surface area contributed by atoms with Crippen LogP contribution >= 0.6 is 23.2 Å². The smallest absolute Gasteiger partial charge is 0.348 e. The number of aliphatic hydroxyl groups is 1. The Morgan fingerprint density at radius 2 is 1.79 bits per heavy atom. The molecule has 1 atom stereocenters. The van der Waals surface area contributed by atoms with E-state index in [2.05, 4.69) is 25.5 Å². The number of imidazole rings is 1. The van der Waals surface area contributed by atoms with Crippen LogP contribution in [0.4, 0.5) is 5.95 Å². The fourth-order valence-electron chi connectivity index (χ4n) is 4.26. The molecule has 190 valence electrons. The molecule has 2 heterocycles. The predicted octanol–water partition coefficient (Wildman–Crippen LogP) is 5.10. The molecule has 0 saturated carbocycles. The number of aliphatic carboxylic acids is 1. The molecule has 1 unspecified atom stereocenters. The Hall–Kier alpha value is -4.31. The number of aryl methyl sites for hydroxylation is 1. The number of rotatable bonds is 7. The molecule has 2 aromatic heterocycles. The molecule has 0 amide bonds. The third-order valence-electron chi connectivity index (χ3n) is 6.00. The van der Waals surface area contributed by atoms with E-state index in [9.17, 15) is 9.90 Å². The molecule has 3 N–H and O–H groups in total. The van der Waals surface area contributed by atoms with Crippen LogP contribution in [0.3, 0.4) is 0 Å². The summed E-state index contributed by atoms with van der Waals surface area (Å²) in [5, 5.41) is 26.5. The maximum absolute atomic E-state index is 12.3. The van der Waals surface area contributed by atoms with Gasteiger partial charge in [-0.05, 0) is 47.5 Å². The Bertz CT molecular complexity index is 1690. The van der Waals surface area contributed by atoms with E-state index in [-0.39, 0.29) is 5.95 Å². The highest BCUT2D eigenvalue weighted by molar-refractivity contribution is 6.31. The van der Waals surface area contributed by atoms with Gasteiger partial charge in [0.05, 0.1) is 29.4 Å². The molecule has 5 rings (SSSR count). The molecule has 0 fully saturated rings. The number of halogens is 2. The minimum atomic E-state index is -1.58. The Kier molecular flexibility index (Phi) is 6.81. The van der Waals surface area contributed by atoms with Crippen LogP contribution in [-0.4, -0.2) is 41.9 Å². The summed E-state index contributed by atoms with van der Waals surface area (Å²) >= 11 is 12.4. The summed E-state index contributed by atoms with van der Waals surface area (Å²) in [6.07, 6.45) is 3.93. The summed E-state index contributed by atoms with van der Waals surface area (Å²) in [4.78, 5) is 24.1. The Morgan fingerprint density at radius 3 is 2.47 bits per heavy atom. The molecule has 0 aliphatic rings. The Morgan fingerprint density at radius 1 is 1.03 bits per heavy atom. The van der Waals surface area contributed by atoms with Gasteiger partial charge in [0, 0.05) is 28.0 Å². The molecule has 0 bridgehead atoms. The van der Waals surface area contributed by atoms with E-state index in [1.54, 1.807) is 78.7 Å². The van der Waals surface area contributed by atoms with Crippen LogP contribution in [0.25, 0.3) is 22.2 Å². The predicted molar refractivity (Wildman–Crippen MR) is 146 cm³/mol. The zero-order valence-electron chi connectivity index (χ0n) is 19.9. The molecular formula is C27H20Cl2N6O3. The minimum absolute atomic E-state index is 0.0947. The van der Waals surface area contributed by atoms with Crippen LogP contribution in [0, 0.1) is 0 Å². The lowest BCUT2D eigenvalue weighted by Gasteiger charge is -2.30. The van der Waals surface area contributed by atoms with Crippen molar-refractivity contribution in [2.45, 2.75) is 5.60 Å². The van der Waals surface area contributed by atoms with Crippen molar-refractivity contribution < 1.29 is 15.0 Å². The summed E-state index contributed by atoms with van der Waals surface area (Å²) < 4.78 is 1.75. The highest BCUT2D eigenvalue weighted by Gasteiger charge is 2.37. The SMILES string of the molecule is Cn1cncc1C(O)(c1ccc(Cl)cc1)c1ccc2nc(N/N=C/C(=O)O)nc(-c3cccc(Cl)c3)c2c1. The van der Waals surface area contributed by atoms with Gasteiger partial charge in [0.15, 0.2) is 5.60 Å². The van der Waals surface area contributed by atoms with Crippen molar-refractivity contribution in [3.63, 3.8) is 0 Å². The van der Waals surface area contributed by atoms with Crippen molar-refractivity contribution >= 4 is 52.2 Å². The summed E-state index contributed by atoms with van der Waals surface area (Å²) in [7, 11) is 1.81. The number of hydrogen-bond donors (Lipinski definition) is 3. The minimum Gasteiger partial charge on any atom is -0.477 e. The summed E-state index contributed by atoms with van der Waals surface area (Å²) in [6, 6.07) is 19.4. The molecular weight excluding hydrogens is 527 g/mol. The summed E-state index contributed by atoms with van der Waals surface area (Å²) in [5.74, 6) is -1.12. The average Bonchev–Trinajstić information content (AvgIpc) is 3.34. The second-order valence-corrected chi connectivity index (χ2v) is 9.33. The zero-order valence-corrected chi connectivity index (χ0v) is 21.4. The van der Waals surface area contributed by atoms with Gasteiger partial charge in [0.2, 0.25) is 5.95 Å². The standard InChI is InChI=1S/C27H20Cl2N6O3/c1-35-15-30-13-23(35)27(38,17-5-8-19(28)9-6-17)18-7-10-22-21(12-18)25(16-3-2-4-20(29)11-16)33-26(32-22)34-31-14-24(36)37/h2-15,38H,1H3,(H,36,37)(H,32,33,34)/b31-14+. The lowest BCUT2D eigenvalue weighted by Crippen LogP contribution is -2.31. The molecule has 3 aromatic carbocycles.